The van der Waals surface area contributed by atoms with Gasteiger partial charge in [-0.1, -0.05) is 40.7 Å². The van der Waals surface area contributed by atoms with Gasteiger partial charge in [-0.3, -0.25) is 0 Å². The van der Waals surface area contributed by atoms with Gasteiger partial charge < -0.3 is 19.3 Å². The Labute approximate surface area is 150 Å². The smallest absolute Gasteiger partial charge is 0.201 e. The highest BCUT2D eigenvalue weighted by atomic mass is 16.5. The lowest BCUT2D eigenvalue weighted by Gasteiger charge is -2.21. The van der Waals surface area contributed by atoms with E-state index < -0.39 is 0 Å². The van der Waals surface area contributed by atoms with Crippen molar-refractivity contribution in [2.45, 2.75) is 46.0 Å². The highest BCUT2D eigenvalue weighted by Gasteiger charge is 2.19. The summed E-state index contributed by atoms with van der Waals surface area (Å²) in [5.41, 5.74) is 2.18. The predicted molar refractivity (Wildman–Crippen MR) is 101 cm³/mol. The number of benzene rings is 2. The van der Waals surface area contributed by atoms with E-state index in [-0.39, 0.29) is 17.1 Å². The summed E-state index contributed by atoms with van der Waals surface area (Å²) in [4.78, 5) is 0. The van der Waals surface area contributed by atoms with E-state index in [1.54, 1.807) is 7.11 Å². The molecule has 0 heterocycles. The van der Waals surface area contributed by atoms with E-state index in [1.807, 2.05) is 30.3 Å². The van der Waals surface area contributed by atoms with Gasteiger partial charge in [0.2, 0.25) is 5.75 Å². The van der Waals surface area contributed by atoms with Crippen LogP contribution in [-0.2, 0) is 5.41 Å². The van der Waals surface area contributed by atoms with Gasteiger partial charge in [0, 0.05) is 0 Å². The molecule has 0 radical (unpaired) electrons. The van der Waals surface area contributed by atoms with Gasteiger partial charge in [0.05, 0.1) is 14.2 Å². The van der Waals surface area contributed by atoms with Crippen LogP contribution in [0.4, 0.5) is 0 Å². The Balaban J connectivity index is 2.47. The largest absolute Gasteiger partial charge is 0.502 e. The van der Waals surface area contributed by atoms with E-state index in [9.17, 15) is 5.11 Å². The van der Waals surface area contributed by atoms with Gasteiger partial charge in [0.25, 0.3) is 0 Å². The monoisotopic (exact) mass is 344 g/mol. The maximum Gasteiger partial charge on any atom is 0.201 e. The van der Waals surface area contributed by atoms with E-state index in [0.29, 0.717) is 23.0 Å². The van der Waals surface area contributed by atoms with Gasteiger partial charge in [-0.05, 0) is 46.7 Å². The molecule has 136 valence electrons. The van der Waals surface area contributed by atoms with Crippen molar-refractivity contribution in [2.24, 2.45) is 0 Å². The van der Waals surface area contributed by atoms with Crippen molar-refractivity contribution >= 4 is 0 Å². The quantitative estimate of drug-likeness (QED) is 0.764. The third-order valence-electron chi connectivity index (χ3n) is 4.20. The normalized spacial score (nSPS) is 11.5. The first-order chi connectivity index (χ1) is 11.7. The van der Waals surface area contributed by atoms with Crippen LogP contribution in [0.3, 0.4) is 0 Å². The molecule has 0 amide bonds. The second-order valence-electron chi connectivity index (χ2n) is 7.44. The predicted octanol–water partition coefficient (Wildman–Crippen LogP) is 5.62. The second-order valence-corrected chi connectivity index (χ2v) is 7.44. The molecule has 0 fully saturated rings. The number of methoxy groups -OCH3 is 2. The molecule has 0 unspecified atom stereocenters. The van der Waals surface area contributed by atoms with Crippen molar-refractivity contribution in [3.63, 3.8) is 0 Å². The van der Waals surface area contributed by atoms with Gasteiger partial charge in [0.1, 0.15) is 0 Å². The molecule has 25 heavy (non-hydrogen) atoms. The van der Waals surface area contributed by atoms with Crippen LogP contribution in [0.5, 0.6) is 28.7 Å². The molecule has 2 aromatic rings. The molecule has 0 saturated heterocycles. The highest BCUT2D eigenvalue weighted by molar-refractivity contribution is 5.56. The van der Waals surface area contributed by atoms with E-state index in [0.717, 1.165) is 11.1 Å². The highest BCUT2D eigenvalue weighted by Crippen LogP contribution is 2.43. The number of phenols is 1. The number of hydrogen-bond donors (Lipinski definition) is 1. The van der Waals surface area contributed by atoms with Crippen molar-refractivity contribution in [3.8, 4) is 28.7 Å². The minimum Gasteiger partial charge on any atom is -0.502 e. The lowest BCUT2D eigenvalue weighted by Crippen LogP contribution is -2.11. The SMILES string of the molecule is COc1cc(C(C)(C)C)ccc1Oc1cc(C(C)C)cc(OC)c1O. The molecule has 0 aliphatic rings. The number of rotatable bonds is 5. The van der Waals surface area contributed by atoms with Crippen LogP contribution >= 0.6 is 0 Å². The van der Waals surface area contributed by atoms with Crippen LogP contribution in [0.15, 0.2) is 30.3 Å². The van der Waals surface area contributed by atoms with Crippen LogP contribution < -0.4 is 14.2 Å². The first-order valence-electron chi connectivity index (χ1n) is 8.44. The van der Waals surface area contributed by atoms with Crippen molar-refractivity contribution in [1.82, 2.24) is 0 Å². The van der Waals surface area contributed by atoms with Crippen LogP contribution in [0.2, 0.25) is 0 Å². The molecule has 0 bridgehead atoms. The number of hydrogen-bond acceptors (Lipinski definition) is 4. The zero-order chi connectivity index (χ0) is 18.8. The summed E-state index contributed by atoms with van der Waals surface area (Å²) in [5.74, 6) is 2.18. The lowest BCUT2D eigenvalue weighted by molar-refractivity contribution is 0.343. The average molecular weight is 344 g/mol. The Morgan fingerprint density at radius 3 is 1.96 bits per heavy atom. The van der Waals surface area contributed by atoms with Crippen LogP contribution in [0.1, 0.15) is 51.7 Å². The van der Waals surface area contributed by atoms with Gasteiger partial charge in [0.15, 0.2) is 23.0 Å². The fourth-order valence-corrected chi connectivity index (χ4v) is 2.51. The van der Waals surface area contributed by atoms with Crippen molar-refractivity contribution < 1.29 is 19.3 Å². The van der Waals surface area contributed by atoms with E-state index in [2.05, 4.69) is 34.6 Å². The topological polar surface area (TPSA) is 47.9 Å². The fourth-order valence-electron chi connectivity index (χ4n) is 2.51. The molecule has 1 N–H and O–H groups in total. The molecular formula is C21H28O4. The Morgan fingerprint density at radius 2 is 1.44 bits per heavy atom. The maximum atomic E-state index is 10.4. The van der Waals surface area contributed by atoms with E-state index >= 15 is 0 Å². The third kappa shape index (κ3) is 4.19. The standard InChI is InChI=1S/C21H28O4/c1-13(2)14-10-18(24-7)20(22)19(11-14)25-16-9-8-15(21(3,4)5)12-17(16)23-6/h8-13,22H,1-7H3. The van der Waals surface area contributed by atoms with E-state index in [4.69, 9.17) is 14.2 Å². The molecule has 4 nitrogen and oxygen atoms in total. The summed E-state index contributed by atoms with van der Waals surface area (Å²) in [6.45, 7) is 10.6. The summed E-state index contributed by atoms with van der Waals surface area (Å²) in [7, 11) is 3.14. The summed E-state index contributed by atoms with van der Waals surface area (Å²) >= 11 is 0. The zero-order valence-corrected chi connectivity index (χ0v) is 16.1. The Kier molecular flexibility index (Phi) is 5.51. The number of ether oxygens (including phenoxy) is 3. The molecule has 2 rings (SSSR count). The average Bonchev–Trinajstić information content (AvgIpc) is 2.55. The lowest BCUT2D eigenvalue weighted by atomic mass is 9.87. The Morgan fingerprint density at radius 1 is 0.840 bits per heavy atom. The molecule has 0 aliphatic carbocycles. The maximum absolute atomic E-state index is 10.4. The molecule has 0 aromatic heterocycles. The first-order valence-corrected chi connectivity index (χ1v) is 8.44. The molecular weight excluding hydrogens is 316 g/mol. The van der Waals surface area contributed by atoms with Crippen LogP contribution in [-0.4, -0.2) is 19.3 Å². The van der Waals surface area contributed by atoms with Gasteiger partial charge in [-0.15, -0.1) is 0 Å². The zero-order valence-electron chi connectivity index (χ0n) is 16.1. The molecule has 0 spiro atoms. The summed E-state index contributed by atoms with van der Waals surface area (Å²) in [6, 6.07) is 9.51. The van der Waals surface area contributed by atoms with Crippen molar-refractivity contribution in [1.29, 1.82) is 0 Å². The molecule has 0 aliphatic heterocycles. The molecule has 4 heteroatoms. The van der Waals surface area contributed by atoms with Crippen molar-refractivity contribution in [2.75, 3.05) is 14.2 Å². The summed E-state index contributed by atoms with van der Waals surface area (Å²) in [6.07, 6.45) is 0. The molecule has 0 atom stereocenters. The van der Waals surface area contributed by atoms with E-state index in [1.165, 1.54) is 7.11 Å². The second kappa shape index (κ2) is 7.26. The fraction of sp³-hybridized carbons (Fsp3) is 0.429. The minimum atomic E-state index is -0.0196. The van der Waals surface area contributed by atoms with Gasteiger partial charge in [-0.25, -0.2) is 0 Å². The van der Waals surface area contributed by atoms with Crippen molar-refractivity contribution in [3.05, 3.63) is 41.5 Å². The van der Waals surface area contributed by atoms with Crippen LogP contribution in [0, 0.1) is 0 Å². The first kappa shape index (κ1) is 19.0. The number of aromatic hydroxyl groups is 1. The molecule has 2 aromatic carbocycles. The molecule has 0 saturated carbocycles. The van der Waals surface area contributed by atoms with Gasteiger partial charge >= 0.3 is 0 Å². The summed E-state index contributed by atoms with van der Waals surface area (Å²) in [5, 5.41) is 10.4. The minimum absolute atomic E-state index is 0.00866. The number of phenolic OH excluding ortho intramolecular Hbond substituents is 1. The summed E-state index contributed by atoms with van der Waals surface area (Å²) < 4.78 is 16.7. The van der Waals surface area contributed by atoms with Gasteiger partial charge in [-0.2, -0.15) is 0 Å². The Hall–Kier alpha value is -2.36. The van der Waals surface area contributed by atoms with Crippen LogP contribution in [0.25, 0.3) is 0 Å². The Bertz CT molecular complexity index is 742. The third-order valence-corrected chi connectivity index (χ3v) is 4.20.